The van der Waals surface area contributed by atoms with Gasteiger partial charge < -0.3 is 20.8 Å². The van der Waals surface area contributed by atoms with E-state index in [2.05, 4.69) is 10.6 Å². The summed E-state index contributed by atoms with van der Waals surface area (Å²) in [4.78, 5) is 53.1. The third-order valence-electron chi connectivity index (χ3n) is 3.11. The monoisotopic (exact) mass is 370 g/mol. The number of hydrogen-bond acceptors (Lipinski definition) is 8. The van der Waals surface area contributed by atoms with Gasteiger partial charge >= 0.3 is 11.9 Å². The molecule has 0 fully saturated rings. The highest BCUT2D eigenvalue weighted by Gasteiger charge is 2.22. The fraction of sp³-hybridized carbons (Fsp3) is 0.308. The van der Waals surface area contributed by atoms with Crippen molar-refractivity contribution < 1.29 is 34.4 Å². The smallest absolute Gasteiger partial charge is 0.326 e. The summed E-state index contributed by atoms with van der Waals surface area (Å²) in [7, 11) is 0. The van der Waals surface area contributed by atoms with Crippen molar-refractivity contribution in [2.45, 2.75) is 18.9 Å². The molecule has 13 heteroatoms. The van der Waals surface area contributed by atoms with E-state index in [9.17, 15) is 34.6 Å². The molecule has 0 spiro atoms. The molecule has 0 aliphatic heterocycles. The average molecular weight is 370 g/mol. The largest absolute Gasteiger partial charge is 0.481 e. The van der Waals surface area contributed by atoms with E-state index < -0.39 is 58.1 Å². The number of nitrogens with zero attached hydrogens (tertiary/aromatic N) is 2. The van der Waals surface area contributed by atoms with Crippen LogP contribution in [0.25, 0.3) is 0 Å². The second-order valence-electron chi connectivity index (χ2n) is 4.96. The summed E-state index contributed by atoms with van der Waals surface area (Å²) in [5.41, 5.74) is -1.31. The zero-order valence-electron chi connectivity index (χ0n) is 13.1. The van der Waals surface area contributed by atoms with Crippen molar-refractivity contribution in [3.63, 3.8) is 0 Å². The summed E-state index contributed by atoms with van der Waals surface area (Å²) in [6.07, 6.45) is -0.813. The number of benzene rings is 1. The number of nitro benzene ring substituents is 2. The first-order valence-corrected chi connectivity index (χ1v) is 7.02. The molecular formula is C13H14N4O9. The molecule has 0 aliphatic rings. The lowest BCUT2D eigenvalue weighted by molar-refractivity contribution is -0.393. The van der Waals surface area contributed by atoms with Gasteiger partial charge in [-0.15, -0.1) is 0 Å². The van der Waals surface area contributed by atoms with Crippen molar-refractivity contribution in [2.75, 3.05) is 11.9 Å². The molecule has 140 valence electrons. The number of nitro groups is 2. The highest BCUT2D eigenvalue weighted by Crippen LogP contribution is 2.28. The number of anilines is 1. The van der Waals surface area contributed by atoms with E-state index in [1.165, 1.54) is 0 Å². The van der Waals surface area contributed by atoms with Gasteiger partial charge in [0, 0.05) is 12.5 Å². The second kappa shape index (κ2) is 8.91. The number of non-ortho nitro benzene ring substituents is 1. The Morgan fingerprint density at radius 2 is 1.77 bits per heavy atom. The Morgan fingerprint density at radius 1 is 1.12 bits per heavy atom. The Balaban J connectivity index is 2.77. The summed E-state index contributed by atoms with van der Waals surface area (Å²) < 4.78 is 0. The zero-order chi connectivity index (χ0) is 19.9. The molecule has 1 aromatic carbocycles. The number of amides is 1. The van der Waals surface area contributed by atoms with Crippen LogP contribution in [0.4, 0.5) is 17.1 Å². The molecule has 0 heterocycles. The Morgan fingerprint density at radius 3 is 2.27 bits per heavy atom. The molecule has 1 atom stereocenters. The Hall–Kier alpha value is -3.77. The Labute approximate surface area is 144 Å². The standard InChI is InChI=1S/C13H14N4O9/c18-11(15-9(13(21)22)3-4-12(19)20)6-14-8-2-1-7(16(23)24)5-10(8)17(25)26/h1-2,5,9,14H,3-4,6H2,(H,15,18)(H,19,20)(H,21,22). The summed E-state index contributed by atoms with van der Waals surface area (Å²) in [5.74, 6) is -3.51. The van der Waals surface area contributed by atoms with E-state index in [0.717, 1.165) is 12.1 Å². The maximum absolute atomic E-state index is 11.8. The summed E-state index contributed by atoms with van der Waals surface area (Å²) >= 11 is 0. The minimum Gasteiger partial charge on any atom is -0.481 e. The number of carboxylic acids is 2. The maximum Gasteiger partial charge on any atom is 0.326 e. The van der Waals surface area contributed by atoms with E-state index >= 15 is 0 Å². The quantitative estimate of drug-likeness (QED) is 0.328. The van der Waals surface area contributed by atoms with Gasteiger partial charge in [0.05, 0.1) is 22.5 Å². The van der Waals surface area contributed by atoms with Gasteiger partial charge in [-0.1, -0.05) is 0 Å². The van der Waals surface area contributed by atoms with E-state index in [4.69, 9.17) is 10.2 Å². The SMILES string of the molecule is O=C(O)CCC(NC(=O)CNc1ccc([N+](=O)[O-])cc1[N+](=O)[O-])C(=O)O. The van der Waals surface area contributed by atoms with Crippen LogP contribution >= 0.6 is 0 Å². The molecule has 0 saturated heterocycles. The van der Waals surface area contributed by atoms with Crippen LogP contribution in [0, 0.1) is 20.2 Å². The van der Waals surface area contributed by atoms with Crippen LogP contribution in [0.15, 0.2) is 18.2 Å². The molecule has 0 saturated carbocycles. The number of rotatable bonds is 10. The summed E-state index contributed by atoms with van der Waals surface area (Å²) in [5, 5.41) is 43.6. The predicted octanol–water partition coefficient (Wildman–Crippen LogP) is 0.349. The molecule has 13 nitrogen and oxygen atoms in total. The molecule has 1 unspecified atom stereocenters. The minimum atomic E-state index is -1.44. The van der Waals surface area contributed by atoms with E-state index in [1.807, 2.05) is 0 Å². The lowest BCUT2D eigenvalue weighted by Gasteiger charge is -2.14. The fourth-order valence-corrected chi connectivity index (χ4v) is 1.88. The summed E-state index contributed by atoms with van der Waals surface area (Å²) in [6, 6.07) is 1.32. The maximum atomic E-state index is 11.8. The van der Waals surface area contributed by atoms with Crippen molar-refractivity contribution in [3.8, 4) is 0 Å². The second-order valence-corrected chi connectivity index (χ2v) is 4.96. The molecule has 26 heavy (non-hydrogen) atoms. The van der Waals surface area contributed by atoms with Gasteiger partial charge in [-0.3, -0.25) is 29.8 Å². The third kappa shape index (κ3) is 6.03. The number of nitrogens with one attached hydrogen (secondary N) is 2. The first kappa shape index (κ1) is 20.3. The predicted molar refractivity (Wildman–Crippen MR) is 84.7 cm³/mol. The topological polar surface area (TPSA) is 202 Å². The molecule has 0 aliphatic carbocycles. The van der Waals surface area contributed by atoms with E-state index in [1.54, 1.807) is 0 Å². The Bertz CT molecular complexity index is 749. The van der Waals surface area contributed by atoms with Crippen LogP contribution in [-0.4, -0.2) is 50.5 Å². The number of carbonyl (C=O) groups is 3. The number of carboxylic acid groups (broad SMARTS) is 2. The van der Waals surface area contributed by atoms with E-state index in [-0.39, 0.29) is 12.1 Å². The summed E-state index contributed by atoms with van der Waals surface area (Å²) in [6.45, 7) is -0.560. The first-order valence-electron chi connectivity index (χ1n) is 7.02. The van der Waals surface area contributed by atoms with Crippen molar-refractivity contribution in [1.29, 1.82) is 0 Å². The van der Waals surface area contributed by atoms with E-state index in [0.29, 0.717) is 6.07 Å². The molecule has 0 bridgehead atoms. The average Bonchev–Trinajstić information content (AvgIpc) is 2.55. The lowest BCUT2D eigenvalue weighted by Crippen LogP contribution is -2.43. The molecular weight excluding hydrogens is 356 g/mol. The highest BCUT2D eigenvalue weighted by molar-refractivity contribution is 5.87. The normalized spacial score (nSPS) is 11.2. The van der Waals surface area contributed by atoms with Crippen molar-refractivity contribution in [2.24, 2.45) is 0 Å². The Kier molecular flexibility index (Phi) is 6.95. The van der Waals surface area contributed by atoms with Crippen LogP contribution in [0.5, 0.6) is 0 Å². The molecule has 4 N–H and O–H groups in total. The van der Waals surface area contributed by atoms with Gasteiger partial charge in [0.1, 0.15) is 11.7 Å². The van der Waals surface area contributed by atoms with Gasteiger partial charge in [-0.05, 0) is 12.5 Å². The molecule has 1 amide bonds. The van der Waals surface area contributed by atoms with Crippen molar-refractivity contribution in [3.05, 3.63) is 38.4 Å². The highest BCUT2D eigenvalue weighted by atomic mass is 16.6. The third-order valence-corrected chi connectivity index (χ3v) is 3.11. The molecule has 1 aromatic rings. The van der Waals surface area contributed by atoms with Gasteiger partial charge in [-0.2, -0.15) is 0 Å². The number of hydrogen-bond donors (Lipinski definition) is 4. The van der Waals surface area contributed by atoms with Gasteiger partial charge in [0.2, 0.25) is 5.91 Å². The molecule has 0 radical (unpaired) electrons. The lowest BCUT2D eigenvalue weighted by atomic mass is 10.1. The van der Waals surface area contributed by atoms with Gasteiger partial charge in [0.25, 0.3) is 11.4 Å². The van der Waals surface area contributed by atoms with Crippen molar-refractivity contribution in [1.82, 2.24) is 5.32 Å². The van der Waals surface area contributed by atoms with Crippen molar-refractivity contribution >= 4 is 34.9 Å². The number of carbonyl (C=O) groups excluding carboxylic acids is 1. The van der Waals surface area contributed by atoms with Crippen LogP contribution in [0.1, 0.15) is 12.8 Å². The molecule has 1 rings (SSSR count). The van der Waals surface area contributed by atoms with Crippen LogP contribution in [0.2, 0.25) is 0 Å². The van der Waals surface area contributed by atoms with Gasteiger partial charge in [-0.25, -0.2) is 4.79 Å². The van der Waals surface area contributed by atoms with Crippen LogP contribution in [-0.2, 0) is 14.4 Å². The first-order chi connectivity index (χ1) is 12.1. The minimum absolute atomic E-state index is 0.173. The fourth-order valence-electron chi connectivity index (χ4n) is 1.88. The number of aliphatic carboxylic acids is 2. The van der Waals surface area contributed by atoms with Crippen LogP contribution < -0.4 is 10.6 Å². The molecule has 0 aromatic heterocycles. The van der Waals surface area contributed by atoms with Crippen LogP contribution in [0.3, 0.4) is 0 Å². The zero-order valence-corrected chi connectivity index (χ0v) is 13.1. The van der Waals surface area contributed by atoms with Gasteiger partial charge in [0.15, 0.2) is 0 Å².